The van der Waals surface area contributed by atoms with E-state index in [0.717, 1.165) is 50.4 Å². The van der Waals surface area contributed by atoms with Crippen LogP contribution >= 0.6 is 0 Å². The van der Waals surface area contributed by atoms with Crippen LogP contribution in [0.25, 0.3) is 0 Å². The van der Waals surface area contributed by atoms with Crippen molar-refractivity contribution in [2.24, 2.45) is 5.92 Å². The first-order valence-corrected chi connectivity index (χ1v) is 9.87. The summed E-state index contributed by atoms with van der Waals surface area (Å²) in [6.45, 7) is 3.77. The fourth-order valence-corrected chi connectivity index (χ4v) is 3.42. The van der Waals surface area contributed by atoms with Crippen molar-refractivity contribution in [1.29, 1.82) is 0 Å². The number of nitrogens with zero attached hydrogens (tertiary/aromatic N) is 1. The number of epoxide rings is 1. The average molecular weight is 407 g/mol. The molecule has 0 aliphatic carbocycles. The molecule has 0 aromatic heterocycles. The molecule has 0 bridgehead atoms. The number of rotatable bonds is 7. The van der Waals surface area contributed by atoms with Gasteiger partial charge in [-0.25, -0.2) is 0 Å². The SMILES string of the molecule is FC(F)(F)c1ccc(OCC2CCN(c3ccc(OCC4CO4)cc3)CC2)cc1. The van der Waals surface area contributed by atoms with Crippen molar-refractivity contribution in [2.45, 2.75) is 25.1 Å². The number of alkyl halides is 3. The highest BCUT2D eigenvalue weighted by Crippen LogP contribution is 2.31. The fourth-order valence-electron chi connectivity index (χ4n) is 3.42. The lowest BCUT2D eigenvalue weighted by molar-refractivity contribution is -0.137. The molecule has 0 spiro atoms. The third-order valence-electron chi connectivity index (χ3n) is 5.32. The molecule has 2 saturated heterocycles. The standard InChI is InChI=1S/C22H24F3NO3/c23-22(24,25)17-1-5-19(6-2-17)27-13-16-9-11-26(12-10-16)18-3-7-20(8-4-18)28-14-21-15-29-21/h1-8,16,21H,9-15H2. The second-order valence-corrected chi connectivity index (χ2v) is 7.52. The van der Waals surface area contributed by atoms with Gasteiger partial charge in [-0.15, -0.1) is 0 Å². The first kappa shape index (κ1) is 19.9. The van der Waals surface area contributed by atoms with Gasteiger partial charge in [-0.1, -0.05) is 0 Å². The Kier molecular flexibility index (Phi) is 5.85. The summed E-state index contributed by atoms with van der Waals surface area (Å²) in [4.78, 5) is 2.34. The third-order valence-corrected chi connectivity index (χ3v) is 5.32. The van der Waals surface area contributed by atoms with E-state index in [2.05, 4.69) is 17.0 Å². The van der Waals surface area contributed by atoms with Crippen LogP contribution in [-0.4, -0.2) is 39.0 Å². The molecule has 2 aromatic carbocycles. The van der Waals surface area contributed by atoms with Crippen LogP contribution in [0.2, 0.25) is 0 Å². The fraction of sp³-hybridized carbons (Fsp3) is 0.455. The zero-order valence-electron chi connectivity index (χ0n) is 16.0. The van der Waals surface area contributed by atoms with Crippen LogP contribution in [0.4, 0.5) is 18.9 Å². The Hall–Kier alpha value is -2.41. The molecule has 2 aromatic rings. The summed E-state index contributed by atoms with van der Waals surface area (Å²) in [5.41, 5.74) is 0.512. The summed E-state index contributed by atoms with van der Waals surface area (Å²) in [6.07, 6.45) is -2.10. The van der Waals surface area contributed by atoms with Crippen molar-refractivity contribution in [3.63, 3.8) is 0 Å². The summed E-state index contributed by atoms with van der Waals surface area (Å²) in [7, 11) is 0. The van der Waals surface area contributed by atoms with E-state index in [1.165, 1.54) is 17.8 Å². The van der Waals surface area contributed by atoms with E-state index in [4.69, 9.17) is 14.2 Å². The maximum Gasteiger partial charge on any atom is 0.416 e. The maximum absolute atomic E-state index is 12.6. The molecule has 1 unspecified atom stereocenters. The van der Waals surface area contributed by atoms with Crippen LogP contribution in [0.5, 0.6) is 11.5 Å². The summed E-state index contributed by atoms with van der Waals surface area (Å²) < 4.78 is 54.3. The monoisotopic (exact) mass is 407 g/mol. The molecule has 0 N–H and O–H groups in total. The minimum Gasteiger partial charge on any atom is -0.493 e. The molecular weight excluding hydrogens is 383 g/mol. The molecular formula is C22H24F3NO3. The number of halogens is 3. The number of benzene rings is 2. The quantitative estimate of drug-likeness (QED) is 0.619. The van der Waals surface area contributed by atoms with Gasteiger partial charge < -0.3 is 19.1 Å². The Bertz CT molecular complexity index is 780. The zero-order valence-corrected chi connectivity index (χ0v) is 16.0. The van der Waals surface area contributed by atoms with Crippen molar-refractivity contribution in [3.05, 3.63) is 54.1 Å². The van der Waals surface area contributed by atoms with E-state index >= 15 is 0 Å². The molecule has 7 heteroatoms. The predicted octanol–water partition coefficient (Wildman–Crippen LogP) is 4.78. The van der Waals surface area contributed by atoms with Crippen molar-refractivity contribution in [1.82, 2.24) is 0 Å². The van der Waals surface area contributed by atoms with Crippen molar-refractivity contribution < 1.29 is 27.4 Å². The molecule has 0 saturated carbocycles. The summed E-state index contributed by atoms with van der Waals surface area (Å²) in [5, 5.41) is 0. The lowest BCUT2D eigenvalue weighted by Gasteiger charge is -2.33. The van der Waals surface area contributed by atoms with Crippen molar-refractivity contribution in [3.8, 4) is 11.5 Å². The first-order chi connectivity index (χ1) is 14.0. The van der Waals surface area contributed by atoms with Gasteiger partial charge in [0, 0.05) is 18.8 Å². The molecule has 0 amide bonds. The van der Waals surface area contributed by atoms with Crippen LogP contribution in [0.3, 0.4) is 0 Å². The number of hydrogen-bond acceptors (Lipinski definition) is 4. The van der Waals surface area contributed by atoms with Crippen LogP contribution in [0.15, 0.2) is 48.5 Å². The van der Waals surface area contributed by atoms with Crippen LogP contribution < -0.4 is 14.4 Å². The lowest BCUT2D eigenvalue weighted by Crippen LogP contribution is -2.35. The Morgan fingerprint density at radius 1 is 0.862 bits per heavy atom. The highest BCUT2D eigenvalue weighted by Gasteiger charge is 2.30. The van der Waals surface area contributed by atoms with Gasteiger partial charge in [0.1, 0.15) is 24.2 Å². The lowest BCUT2D eigenvalue weighted by atomic mass is 9.97. The summed E-state index contributed by atoms with van der Waals surface area (Å²) in [6, 6.07) is 13.0. The molecule has 2 aliphatic heterocycles. The van der Waals surface area contributed by atoms with Gasteiger partial charge in [-0.05, 0) is 67.3 Å². The molecule has 4 rings (SSSR count). The van der Waals surface area contributed by atoms with Gasteiger partial charge >= 0.3 is 6.18 Å². The zero-order chi connectivity index (χ0) is 20.3. The number of anilines is 1. The minimum atomic E-state index is -4.32. The van der Waals surface area contributed by atoms with Gasteiger partial charge in [-0.2, -0.15) is 13.2 Å². The van der Waals surface area contributed by atoms with Gasteiger partial charge in [-0.3, -0.25) is 0 Å². The Balaban J connectivity index is 1.21. The number of ether oxygens (including phenoxy) is 3. The number of piperidine rings is 1. The minimum absolute atomic E-state index is 0.249. The molecule has 29 heavy (non-hydrogen) atoms. The predicted molar refractivity (Wildman–Crippen MR) is 104 cm³/mol. The molecule has 156 valence electrons. The van der Waals surface area contributed by atoms with E-state index in [1.807, 2.05) is 12.1 Å². The second-order valence-electron chi connectivity index (χ2n) is 7.52. The first-order valence-electron chi connectivity index (χ1n) is 9.87. The van der Waals surface area contributed by atoms with Crippen LogP contribution in [0, 0.1) is 5.92 Å². The highest BCUT2D eigenvalue weighted by atomic mass is 19.4. The molecule has 4 nitrogen and oxygen atoms in total. The van der Waals surface area contributed by atoms with Gasteiger partial charge in [0.05, 0.1) is 18.8 Å². The van der Waals surface area contributed by atoms with E-state index in [1.54, 1.807) is 0 Å². The molecule has 2 fully saturated rings. The topological polar surface area (TPSA) is 34.2 Å². The van der Waals surface area contributed by atoms with E-state index < -0.39 is 11.7 Å². The third kappa shape index (κ3) is 5.56. The van der Waals surface area contributed by atoms with Crippen LogP contribution in [0.1, 0.15) is 18.4 Å². The molecule has 1 atom stereocenters. The highest BCUT2D eigenvalue weighted by molar-refractivity contribution is 5.49. The average Bonchev–Trinajstić information content (AvgIpc) is 3.56. The van der Waals surface area contributed by atoms with E-state index in [-0.39, 0.29) is 6.10 Å². The van der Waals surface area contributed by atoms with E-state index in [0.29, 0.717) is 24.9 Å². The number of hydrogen-bond donors (Lipinski definition) is 0. The van der Waals surface area contributed by atoms with E-state index in [9.17, 15) is 13.2 Å². The smallest absolute Gasteiger partial charge is 0.416 e. The molecule has 0 radical (unpaired) electrons. The van der Waals surface area contributed by atoms with Gasteiger partial charge in [0.2, 0.25) is 0 Å². The Labute approximate surface area is 168 Å². The van der Waals surface area contributed by atoms with Gasteiger partial charge in [0.25, 0.3) is 0 Å². The molecule has 2 heterocycles. The maximum atomic E-state index is 12.6. The van der Waals surface area contributed by atoms with Crippen molar-refractivity contribution >= 4 is 5.69 Å². The second kappa shape index (κ2) is 8.53. The normalized spacial score (nSPS) is 19.8. The summed E-state index contributed by atoms with van der Waals surface area (Å²) in [5.74, 6) is 1.73. The Morgan fingerprint density at radius 2 is 1.41 bits per heavy atom. The summed E-state index contributed by atoms with van der Waals surface area (Å²) >= 11 is 0. The molecule has 2 aliphatic rings. The van der Waals surface area contributed by atoms with Crippen LogP contribution in [-0.2, 0) is 10.9 Å². The van der Waals surface area contributed by atoms with Gasteiger partial charge in [0.15, 0.2) is 0 Å². The van der Waals surface area contributed by atoms with Crippen molar-refractivity contribution in [2.75, 3.05) is 37.8 Å². The largest absolute Gasteiger partial charge is 0.493 e. The Morgan fingerprint density at radius 3 is 1.97 bits per heavy atom.